The second-order valence-corrected chi connectivity index (χ2v) is 20.3. The molecule has 14 nitrogen and oxygen atoms in total. The number of fused-ring (bicyclic) bond motifs is 8. The van der Waals surface area contributed by atoms with Crippen molar-refractivity contribution < 1.29 is 33.4 Å². The van der Waals surface area contributed by atoms with Gasteiger partial charge >= 0.3 is 5.97 Å². The molecule has 4 aromatic rings. The first-order chi connectivity index (χ1) is 31.5. The number of aryl methyl sites for hydroxylation is 1. The zero-order chi connectivity index (χ0) is 46.9. The summed E-state index contributed by atoms with van der Waals surface area (Å²) in [6.45, 7) is 17.7. The molecule has 3 saturated heterocycles. The summed E-state index contributed by atoms with van der Waals surface area (Å²) in [6, 6.07) is 17.0. The Morgan fingerprint density at radius 3 is 2.53 bits per heavy atom. The molecule has 0 radical (unpaired) electrons. The van der Waals surface area contributed by atoms with Crippen molar-refractivity contribution in [3.63, 3.8) is 0 Å². The highest BCUT2D eigenvalue weighted by Crippen LogP contribution is 2.57. The summed E-state index contributed by atoms with van der Waals surface area (Å²) in [4.78, 5) is 79.3. The van der Waals surface area contributed by atoms with Crippen molar-refractivity contribution in [1.82, 2.24) is 35.1 Å². The van der Waals surface area contributed by atoms with Gasteiger partial charge in [0, 0.05) is 80.3 Å². The molecule has 66 heavy (non-hydrogen) atoms. The Hall–Kier alpha value is -5.86. The predicted octanol–water partition coefficient (Wildman–Crippen LogP) is 6.33. The number of cyclic esters (lactones) is 1. The minimum absolute atomic E-state index is 0.0775. The molecule has 0 saturated carbocycles. The molecule has 6 heterocycles. The molecule has 2 aromatic carbocycles. The van der Waals surface area contributed by atoms with Crippen molar-refractivity contribution >= 4 is 40.5 Å². The van der Waals surface area contributed by atoms with Crippen molar-refractivity contribution in [2.24, 2.45) is 16.7 Å². The van der Waals surface area contributed by atoms with Crippen molar-refractivity contribution in [3.8, 4) is 22.4 Å². The first-order valence-electron chi connectivity index (χ1n) is 23.6. The zero-order valence-electron chi connectivity index (χ0n) is 39.3. The molecule has 1 spiro atoms. The van der Waals surface area contributed by atoms with Crippen LogP contribution in [0.3, 0.4) is 0 Å². The van der Waals surface area contributed by atoms with Crippen LogP contribution in [0.15, 0.2) is 73.4 Å². The van der Waals surface area contributed by atoms with Crippen molar-refractivity contribution in [1.29, 1.82) is 0 Å². The maximum absolute atomic E-state index is 15.1. The number of nitrogens with zero attached hydrogens (tertiary/aromatic N) is 5. The van der Waals surface area contributed by atoms with E-state index < -0.39 is 52.3 Å². The van der Waals surface area contributed by atoms with Crippen LogP contribution in [0, 0.1) is 16.7 Å². The van der Waals surface area contributed by atoms with Crippen LogP contribution < -0.4 is 10.7 Å². The van der Waals surface area contributed by atoms with Gasteiger partial charge in [-0.05, 0) is 98.0 Å². The number of hydrogen-bond donors (Lipinski definition) is 2. The molecule has 348 valence electrons. The molecule has 14 heteroatoms. The van der Waals surface area contributed by atoms with Crippen LogP contribution in [0.25, 0.3) is 33.3 Å². The van der Waals surface area contributed by atoms with E-state index in [-0.39, 0.29) is 43.2 Å². The van der Waals surface area contributed by atoms with Crippen molar-refractivity contribution in [3.05, 3.63) is 90.3 Å². The predicted molar refractivity (Wildman–Crippen MR) is 250 cm³/mol. The molecule has 6 atom stereocenters. The summed E-state index contributed by atoms with van der Waals surface area (Å²) in [5.74, 6) is -2.22. The molecule has 9 rings (SSSR count). The molecule has 2 aromatic heterocycles. The van der Waals surface area contributed by atoms with Gasteiger partial charge in [0.2, 0.25) is 17.7 Å². The number of carbonyl (C=O) groups excluding carboxylic acids is 5. The average Bonchev–Trinajstić information content (AvgIpc) is 3.99. The summed E-state index contributed by atoms with van der Waals surface area (Å²) < 4.78 is 15.0. The molecule has 5 aliphatic rings. The second kappa shape index (κ2) is 17.1. The van der Waals surface area contributed by atoms with E-state index in [1.54, 1.807) is 30.0 Å². The number of nitrogens with one attached hydrogen (secondary N) is 2. The Kier molecular flexibility index (Phi) is 11.7. The van der Waals surface area contributed by atoms with Gasteiger partial charge in [-0.3, -0.25) is 34.0 Å². The third-order valence-corrected chi connectivity index (χ3v) is 15.1. The SMILES string of the molecule is C=CC(=O)N1CC[C@@]2(CCN([C@H](C(=O)NC3(C)Cc4cccc(c4)-c4ccc5c(c4)c4c(n5CC)-c5cccnc5[C@@H](OC)C4C(C)(C)COC(=O)[C@@H]4CCCN(N4)C3=O)C(C)C)C2=O)C1. The molecule has 2 N–H and O–H groups in total. The third kappa shape index (κ3) is 7.50. The van der Waals surface area contributed by atoms with Gasteiger partial charge in [0.05, 0.1) is 23.4 Å². The number of ether oxygens (including phenoxy) is 2. The summed E-state index contributed by atoms with van der Waals surface area (Å²) >= 11 is 0. The van der Waals surface area contributed by atoms with Gasteiger partial charge < -0.3 is 29.2 Å². The molecule has 4 amide bonds. The van der Waals surface area contributed by atoms with Crippen LogP contribution >= 0.6 is 0 Å². The lowest BCUT2D eigenvalue weighted by Gasteiger charge is -2.43. The van der Waals surface area contributed by atoms with Crippen LogP contribution in [-0.4, -0.2) is 111 Å². The first kappa shape index (κ1) is 45.3. The lowest BCUT2D eigenvalue weighted by atomic mass is 9.67. The monoisotopic (exact) mass is 897 g/mol. The molecule has 3 fully saturated rings. The number of amides is 4. The van der Waals surface area contributed by atoms with E-state index in [9.17, 15) is 19.2 Å². The Morgan fingerprint density at radius 1 is 1.02 bits per heavy atom. The number of likely N-dealkylation sites (tertiary alicyclic amines) is 2. The minimum atomic E-state index is -1.51. The van der Waals surface area contributed by atoms with E-state index >= 15 is 4.79 Å². The fraction of sp³-hybridized carbons (Fsp3) is 0.500. The maximum Gasteiger partial charge on any atom is 0.324 e. The highest BCUT2D eigenvalue weighted by molar-refractivity contribution is 5.98. The van der Waals surface area contributed by atoms with E-state index in [1.807, 2.05) is 32.0 Å². The van der Waals surface area contributed by atoms with E-state index in [1.165, 1.54) is 11.1 Å². The topological polar surface area (TPSA) is 155 Å². The van der Waals surface area contributed by atoms with Crippen LogP contribution in [0.5, 0.6) is 0 Å². The fourth-order valence-electron chi connectivity index (χ4n) is 11.8. The molecule has 4 aliphatic heterocycles. The summed E-state index contributed by atoms with van der Waals surface area (Å²) in [7, 11) is 1.72. The van der Waals surface area contributed by atoms with Crippen molar-refractivity contribution in [2.75, 3.05) is 39.9 Å². The Morgan fingerprint density at radius 2 is 1.79 bits per heavy atom. The number of benzene rings is 2. The van der Waals surface area contributed by atoms with Crippen LogP contribution in [0.2, 0.25) is 0 Å². The van der Waals surface area contributed by atoms with Gasteiger partial charge in [-0.25, -0.2) is 5.43 Å². The summed E-state index contributed by atoms with van der Waals surface area (Å²) in [6.07, 6.45) is 4.80. The second-order valence-electron chi connectivity index (χ2n) is 20.3. The van der Waals surface area contributed by atoms with E-state index in [4.69, 9.17) is 14.5 Å². The quantitative estimate of drug-likeness (QED) is 0.160. The highest BCUT2D eigenvalue weighted by Gasteiger charge is 2.55. The molecule has 2 unspecified atom stereocenters. The average molecular weight is 898 g/mol. The van der Waals surface area contributed by atoms with Crippen LogP contribution in [-0.2, 0) is 46.4 Å². The van der Waals surface area contributed by atoms with Gasteiger partial charge in [-0.1, -0.05) is 64.6 Å². The lowest BCUT2D eigenvalue weighted by Crippen LogP contribution is -2.67. The number of aromatic nitrogens is 2. The van der Waals surface area contributed by atoms with Gasteiger partial charge in [0.1, 0.15) is 23.7 Å². The van der Waals surface area contributed by atoms with E-state index in [2.05, 4.69) is 79.1 Å². The standard InChI is InChI=1S/C52H63N7O7/c1-9-39(60)56-24-20-52(29-56)21-25-58(49(52)64)43(31(3)4)46(61)54-51(7)28-32-14-11-15-33(26-32)34-18-19-38-36(27-34)40-41(45(65-8)42-35(16-12-22-53-42)44(40)57(38)10-2)50(5,6)30-66-47(62)37-17-13-23-59(55-37)48(51)63/h9,11-12,14-16,18-19,22,26-27,31,37,41,43,45,55H,1,10,13,17,20-21,23-25,28-30H2,2-8H3,(H,54,61)/t37-,41?,43-,45-,51?,52+/m0/s1. The van der Waals surface area contributed by atoms with Gasteiger partial charge in [-0.15, -0.1) is 0 Å². The van der Waals surface area contributed by atoms with Gasteiger partial charge in [0.25, 0.3) is 5.91 Å². The normalized spacial score (nSPS) is 26.6. The number of hydrazine groups is 1. The molecular weight excluding hydrogens is 835 g/mol. The number of esters is 1. The van der Waals surface area contributed by atoms with Gasteiger partial charge in [0.15, 0.2) is 0 Å². The largest absolute Gasteiger partial charge is 0.464 e. The molecular formula is C52H63N7O7. The number of rotatable bonds is 7. The Balaban J connectivity index is 1.13. The summed E-state index contributed by atoms with van der Waals surface area (Å²) in [5.41, 5.74) is 8.18. The van der Waals surface area contributed by atoms with E-state index in [0.29, 0.717) is 45.3 Å². The zero-order valence-corrected chi connectivity index (χ0v) is 39.3. The number of carbonyl (C=O) groups is 5. The number of methoxy groups -OCH3 is 1. The highest BCUT2D eigenvalue weighted by atomic mass is 16.5. The molecule has 1 aliphatic carbocycles. The Labute approximate surface area is 387 Å². The van der Waals surface area contributed by atoms with Crippen LogP contribution in [0.1, 0.15) is 96.1 Å². The maximum atomic E-state index is 15.1. The van der Waals surface area contributed by atoms with Crippen molar-refractivity contribution in [2.45, 2.75) is 110 Å². The fourth-order valence-corrected chi connectivity index (χ4v) is 11.8. The Bertz CT molecular complexity index is 2640. The molecule has 6 bridgehead atoms. The number of pyridine rings is 1. The van der Waals surface area contributed by atoms with Crippen LogP contribution in [0.4, 0.5) is 0 Å². The minimum Gasteiger partial charge on any atom is -0.464 e. The smallest absolute Gasteiger partial charge is 0.324 e. The van der Waals surface area contributed by atoms with E-state index in [0.717, 1.165) is 56.7 Å². The summed E-state index contributed by atoms with van der Waals surface area (Å²) in [5, 5.41) is 5.72. The first-order valence-corrected chi connectivity index (χ1v) is 23.6. The number of hydrogen-bond acceptors (Lipinski definition) is 9. The third-order valence-electron chi connectivity index (χ3n) is 15.1. The lowest BCUT2D eigenvalue weighted by molar-refractivity contribution is -0.158. The van der Waals surface area contributed by atoms with Gasteiger partial charge in [-0.2, -0.15) is 0 Å².